The zero-order valence-electron chi connectivity index (χ0n) is 14.5. The molecule has 0 radical (unpaired) electrons. The van der Waals surface area contributed by atoms with E-state index in [4.69, 9.17) is 0 Å². The van der Waals surface area contributed by atoms with Gasteiger partial charge in [0.2, 0.25) is 15.9 Å². The highest BCUT2D eigenvalue weighted by molar-refractivity contribution is 9.10. The fourth-order valence-electron chi connectivity index (χ4n) is 3.08. The molecule has 1 atom stereocenters. The molecule has 138 valence electrons. The van der Waals surface area contributed by atoms with Gasteiger partial charge in [0.25, 0.3) is 0 Å². The highest BCUT2D eigenvalue weighted by Gasteiger charge is 2.33. The maximum atomic E-state index is 12.9. The van der Waals surface area contributed by atoms with E-state index in [1.807, 2.05) is 31.2 Å². The zero-order valence-corrected chi connectivity index (χ0v) is 16.9. The number of para-hydroxylation sites is 1. The van der Waals surface area contributed by atoms with Crippen molar-refractivity contribution < 1.29 is 13.2 Å². The van der Waals surface area contributed by atoms with E-state index in [2.05, 4.69) is 21.2 Å². The summed E-state index contributed by atoms with van der Waals surface area (Å²) in [7, 11) is -3.59. The first-order valence-corrected chi connectivity index (χ1v) is 10.7. The van der Waals surface area contributed by atoms with Gasteiger partial charge in [0.15, 0.2) is 0 Å². The highest BCUT2D eigenvalue weighted by Crippen LogP contribution is 2.26. The summed E-state index contributed by atoms with van der Waals surface area (Å²) >= 11 is 3.31. The number of carbonyl (C=O) groups excluding carboxylic acids is 1. The predicted molar refractivity (Wildman–Crippen MR) is 105 cm³/mol. The van der Waals surface area contributed by atoms with E-state index in [0.29, 0.717) is 19.4 Å². The summed E-state index contributed by atoms with van der Waals surface area (Å²) in [6.45, 7) is 2.57. The Labute approximate surface area is 162 Å². The van der Waals surface area contributed by atoms with Crippen LogP contribution in [0.15, 0.2) is 57.9 Å². The largest absolute Gasteiger partial charge is 0.326 e. The quantitative estimate of drug-likeness (QED) is 0.792. The fraction of sp³-hybridized carbons (Fsp3) is 0.316. The Kier molecular flexibility index (Phi) is 5.79. The molecular formula is C19H21BrN2O3S. The molecule has 3 rings (SSSR count). The van der Waals surface area contributed by atoms with E-state index in [1.165, 1.54) is 4.31 Å². The molecule has 1 unspecified atom stereocenters. The molecule has 0 saturated carbocycles. The van der Waals surface area contributed by atoms with Crippen LogP contribution in [0.25, 0.3) is 0 Å². The molecule has 1 aliphatic heterocycles. The van der Waals surface area contributed by atoms with Gasteiger partial charge in [-0.1, -0.05) is 34.1 Å². The van der Waals surface area contributed by atoms with Crippen LogP contribution in [0.4, 0.5) is 5.69 Å². The molecule has 2 aromatic carbocycles. The van der Waals surface area contributed by atoms with Gasteiger partial charge in [-0.3, -0.25) is 4.79 Å². The van der Waals surface area contributed by atoms with Crippen molar-refractivity contribution in [2.75, 3.05) is 18.4 Å². The van der Waals surface area contributed by atoms with Crippen LogP contribution < -0.4 is 5.32 Å². The van der Waals surface area contributed by atoms with Crippen molar-refractivity contribution in [3.8, 4) is 0 Å². The van der Waals surface area contributed by atoms with E-state index in [1.54, 1.807) is 24.3 Å². The number of sulfonamides is 1. The van der Waals surface area contributed by atoms with Crippen LogP contribution in [0, 0.1) is 12.8 Å². The molecule has 1 amide bonds. The molecule has 1 saturated heterocycles. The van der Waals surface area contributed by atoms with Crippen LogP contribution >= 0.6 is 15.9 Å². The first-order chi connectivity index (χ1) is 12.4. The minimum absolute atomic E-state index is 0.130. The Morgan fingerprint density at radius 1 is 1.15 bits per heavy atom. The second-order valence-corrected chi connectivity index (χ2v) is 9.31. The lowest BCUT2D eigenvalue weighted by atomic mass is 9.98. The van der Waals surface area contributed by atoms with Crippen molar-refractivity contribution in [2.24, 2.45) is 5.92 Å². The van der Waals surface area contributed by atoms with Gasteiger partial charge in [-0.15, -0.1) is 0 Å². The molecule has 1 fully saturated rings. The summed E-state index contributed by atoms with van der Waals surface area (Å²) in [6, 6.07) is 14.1. The fourth-order valence-corrected chi connectivity index (χ4v) is 4.87. The number of anilines is 1. The van der Waals surface area contributed by atoms with Crippen molar-refractivity contribution in [2.45, 2.75) is 24.7 Å². The standard InChI is InChI=1S/C19H21BrN2O3S/c1-14-5-2-3-7-18(14)21-19(23)15-6-4-12-22(13-15)26(24,25)17-10-8-16(20)9-11-17/h2-3,5,7-11,15H,4,6,12-13H2,1H3,(H,21,23). The Morgan fingerprint density at radius 3 is 2.54 bits per heavy atom. The van der Waals surface area contributed by atoms with Crippen LogP contribution in [-0.2, 0) is 14.8 Å². The molecule has 7 heteroatoms. The van der Waals surface area contributed by atoms with E-state index in [-0.39, 0.29) is 23.3 Å². The number of nitrogens with one attached hydrogen (secondary N) is 1. The van der Waals surface area contributed by atoms with E-state index >= 15 is 0 Å². The summed E-state index contributed by atoms with van der Waals surface area (Å²) < 4.78 is 28.0. The molecule has 0 aliphatic carbocycles. The van der Waals surface area contributed by atoms with E-state index in [0.717, 1.165) is 15.7 Å². The average molecular weight is 437 g/mol. The van der Waals surface area contributed by atoms with E-state index < -0.39 is 10.0 Å². The van der Waals surface area contributed by atoms with Crippen molar-refractivity contribution in [3.05, 3.63) is 58.6 Å². The molecular weight excluding hydrogens is 416 g/mol. The summed E-state index contributed by atoms with van der Waals surface area (Å²) in [5.41, 5.74) is 1.75. The Balaban J connectivity index is 1.73. The van der Waals surface area contributed by atoms with Crippen LogP contribution in [0.3, 0.4) is 0 Å². The van der Waals surface area contributed by atoms with Crippen LogP contribution in [-0.4, -0.2) is 31.7 Å². The smallest absolute Gasteiger partial charge is 0.243 e. The molecule has 1 heterocycles. The first-order valence-electron chi connectivity index (χ1n) is 8.50. The molecule has 0 spiro atoms. The van der Waals surface area contributed by atoms with Gasteiger partial charge in [-0.2, -0.15) is 4.31 Å². The summed E-state index contributed by atoms with van der Waals surface area (Å²) in [5.74, 6) is -0.483. The number of halogens is 1. The second kappa shape index (κ2) is 7.90. The Bertz CT molecular complexity index is 897. The highest BCUT2D eigenvalue weighted by atomic mass is 79.9. The van der Waals surface area contributed by atoms with Gasteiger partial charge < -0.3 is 5.32 Å². The number of amides is 1. The first kappa shape index (κ1) is 19.1. The predicted octanol–water partition coefficient (Wildman–Crippen LogP) is 3.80. The topological polar surface area (TPSA) is 66.5 Å². The molecule has 0 aromatic heterocycles. The second-order valence-electron chi connectivity index (χ2n) is 6.46. The molecule has 5 nitrogen and oxygen atoms in total. The molecule has 0 bridgehead atoms. The summed E-state index contributed by atoms with van der Waals surface area (Å²) in [6.07, 6.45) is 1.35. The third kappa shape index (κ3) is 4.16. The van der Waals surface area contributed by atoms with Gasteiger partial charge >= 0.3 is 0 Å². The van der Waals surface area contributed by atoms with Gasteiger partial charge in [-0.25, -0.2) is 8.42 Å². The number of benzene rings is 2. The monoisotopic (exact) mass is 436 g/mol. The van der Waals surface area contributed by atoms with E-state index in [9.17, 15) is 13.2 Å². The molecule has 2 aromatic rings. The average Bonchev–Trinajstić information content (AvgIpc) is 2.64. The summed E-state index contributed by atoms with van der Waals surface area (Å²) in [4.78, 5) is 12.9. The lowest BCUT2D eigenvalue weighted by Gasteiger charge is -2.31. The van der Waals surface area contributed by atoms with Crippen molar-refractivity contribution in [3.63, 3.8) is 0 Å². The number of hydrogen-bond acceptors (Lipinski definition) is 3. The number of carbonyl (C=O) groups is 1. The Morgan fingerprint density at radius 2 is 1.85 bits per heavy atom. The third-order valence-corrected chi connectivity index (χ3v) is 7.02. The lowest BCUT2D eigenvalue weighted by molar-refractivity contribution is -0.120. The molecule has 1 aliphatic rings. The Hall–Kier alpha value is -1.70. The van der Waals surface area contributed by atoms with Crippen LogP contribution in [0.5, 0.6) is 0 Å². The number of aryl methyl sites for hydroxylation is 1. The SMILES string of the molecule is Cc1ccccc1NC(=O)C1CCCN(S(=O)(=O)c2ccc(Br)cc2)C1. The lowest BCUT2D eigenvalue weighted by Crippen LogP contribution is -2.43. The number of piperidine rings is 1. The normalized spacial score (nSPS) is 18.5. The minimum Gasteiger partial charge on any atom is -0.326 e. The molecule has 1 N–H and O–H groups in total. The molecule has 26 heavy (non-hydrogen) atoms. The van der Waals surface area contributed by atoms with Crippen LogP contribution in [0.2, 0.25) is 0 Å². The van der Waals surface area contributed by atoms with Gasteiger partial charge in [-0.05, 0) is 55.7 Å². The van der Waals surface area contributed by atoms with Crippen molar-refractivity contribution in [1.29, 1.82) is 0 Å². The summed E-state index contributed by atoms with van der Waals surface area (Å²) in [5, 5.41) is 2.93. The number of rotatable bonds is 4. The van der Waals surface area contributed by atoms with Crippen molar-refractivity contribution in [1.82, 2.24) is 4.31 Å². The van der Waals surface area contributed by atoms with Gasteiger partial charge in [0.1, 0.15) is 0 Å². The minimum atomic E-state index is -3.59. The zero-order chi connectivity index (χ0) is 18.7. The van der Waals surface area contributed by atoms with Gasteiger partial charge in [0, 0.05) is 23.2 Å². The maximum absolute atomic E-state index is 12.9. The number of nitrogens with zero attached hydrogens (tertiary/aromatic N) is 1. The third-order valence-electron chi connectivity index (χ3n) is 4.61. The van der Waals surface area contributed by atoms with Crippen molar-refractivity contribution >= 4 is 37.5 Å². The van der Waals surface area contributed by atoms with Crippen LogP contribution in [0.1, 0.15) is 18.4 Å². The maximum Gasteiger partial charge on any atom is 0.243 e. The number of hydrogen-bond donors (Lipinski definition) is 1. The van der Waals surface area contributed by atoms with Gasteiger partial charge in [0.05, 0.1) is 10.8 Å².